The third-order valence-electron chi connectivity index (χ3n) is 6.93. The van der Waals surface area contributed by atoms with Crippen LogP contribution in [-0.2, 0) is 24.8 Å². The first kappa shape index (κ1) is 22.9. The SMILES string of the molecule is COc1ccc(CN2C(=O)CCN(c3cnc(-c4cccc5c4CCC5N)n3C)C2=O)c(OC)c1. The van der Waals surface area contributed by atoms with Gasteiger partial charge in [-0.25, -0.2) is 9.78 Å². The maximum absolute atomic E-state index is 13.5. The molecule has 5 rings (SSSR count). The minimum absolute atomic E-state index is 0.0443. The van der Waals surface area contributed by atoms with Crippen LogP contribution in [0.3, 0.4) is 0 Å². The van der Waals surface area contributed by atoms with E-state index in [0.29, 0.717) is 23.9 Å². The number of nitrogens with two attached hydrogens (primary N) is 1. The number of imide groups is 1. The summed E-state index contributed by atoms with van der Waals surface area (Å²) in [7, 11) is 5.02. The highest BCUT2D eigenvalue weighted by molar-refractivity contribution is 6.05. The molecule has 0 spiro atoms. The highest BCUT2D eigenvalue weighted by atomic mass is 16.5. The molecule has 2 N–H and O–H groups in total. The molecule has 0 bridgehead atoms. The molecule has 2 aromatic carbocycles. The van der Waals surface area contributed by atoms with E-state index in [9.17, 15) is 9.59 Å². The number of carbonyl (C=O) groups excluding carboxylic acids is 2. The summed E-state index contributed by atoms with van der Waals surface area (Å²) in [5.74, 6) is 2.39. The van der Waals surface area contributed by atoms with Gasteiger partial charge in [0.2, 0.25) is 5.91 Å². The van der Waals surface area contributed by atoms with Crippen molar-refractivity contribution in [3.63, 3.8) is 0 Å². The molecule has 1 aromatic heterocycles. The number of hydrogen-bond acceptors (Lipinski definition) is 6. The van der Waals surface area contributed by atoms with Gasteiger partial charge in [0, 0.05) is 43.2 Å². The fraction of sp³-hybridized carbons (Fsp3) is 0.346. The fourth-order valence-corrected chi connectivity index (χ4v) is 5.01. The van der Waals surface area contributed by atoms with Gasteiger partial charge in [-0.05, 0) is 36.1 Å². The standard InChI is InChI=1S/C26H29N5O4/c1-29-23(14-28-25(29)20-6-4-5-19-18(20)9-10-21(19)27)30-12-11-24(32)31(26(30)33)15-16-7-8-17(34-2)13-22(16)35-3/h4-8,13-14,21H,9-12,15,27H2,1-3H3. The monoisotopic (exact) mass is 475 g/mol. The fourth-order valence-electron chi connectivity index (χ4n) is 5.01. The number of anilines is 1. The lowest BCUT2D eigenvalue weighted by Crippen LogP contribution is -2.52. The maximum atomic E-state index is 13.5. The molecule has 1 unspecified atom stereocenters. The van der Waals surface area contributed by atoms with E-state index in [-0.39, 0.29) is 30.9 Å². The lowest BCUT2D eigenvalue weighted by Gasteiger charge is -2.34. The van der Waals surface area contributed by atoms with Crippen LogP contribution in [0, 0.1) is 0 Å². The second kappa shape index (κ2) is 9.07. The molecule has 182 valence electrons. The molecule has 2 aliphatic rings. The number of rotatable bonds is 6. The lowest BCUT2D eigenvalue weighted by molar-refractivity contribution is -0.129. The Labute approximate surface area is 204 Å². The number of carbonyl (C=O) groups is 2. The van der Waals surface area contributed by atoms with Crippen molar-refractivity contribution in [1.82, 2.24) is 14.5 Å². The van der Waals surface area contributed by atoms with Gasteiger partial charge in [-0.1, -0.05) is 18.2 Å². The zero-order chi connectivity index (χ0) is 24.7. The molecular formula is C26H29N5O4. The number of imidazole rings is 1. The van der Waals surface area contributed by atoms with E-state index in [1.165, 1.54) is 10.5 Å². The van der Waals surface area contributed by atoms with Gasteiger partial charge in [-0.2, -0.15) is 0 Å². The molecule has 1 aliphatic carbocycles. The van der Waals surface area contributed by atoms with E-state index in [1.807, 2.05) is 23.7 Å². The van der Waals surface area contributed by atoms with Crippen molar-refractivity contribution in [1.29, 1.82) is 0 Å². The quantitative estimate of drug-likeness (QED) is 0.586. The largest absolute Gasteiger partial charge is 0.497 e. The Morgan fingerprint density at radius 1 is 1.11 bits per heavy atom. The Balaban J connectivity index is 1.44. The number of urea groups is 1. The molecular weight excluding hydrogens is 446 g/mol. The van der Waals surface area contributed by atoms with Crippen molar-refractivity contribution < 1.29 is 19.1 Å². The molecule has 1 aliphatic heterocycles. The molecule has 9 heteroatoms. The molecule has 2 heterocycles. The molecule has 0 saturated carbocycles. The van der Waals surface area contributed by atoms with Crippen LogP contribution >= 0.6 is 0 Å². The Hall–Kier alpha value is -3.85. The van der Waals surface area contributed by atoms with Gasteiger partial charge in [0.05, 0.1) is 27.0 Å². The third-order valence-corrected chi connectivity index (χ3v) is 6.93. The molecule has 0 radical (unpaired) electrons. The average Bonchev–Trinajstić information content (AvgIpc) is 3.44. The van der Waals surface area contributed by atoms with Crippen LogP contribution < -0.4 is 20.1 Å². The summed E-state index contributed by atoms with van der Waals surface area (Å²) in [4.78, 5) is 33.8. The van der Waals surface area contributed by atoms with Crippen molar-refractivity contribution >= 4 is 17.8 Å². The topological polar surface area (TPSA) is 103 Å². The van der Waals surface area contributed by atoms with E-state index < -0.39 is 0 Å². The van der Waals surface area contributed by atoms with Gasteiger partial charge in [0.25, 0.3) is 0 Å². The zero-order valence-electron chi connectivity index (χ0n) is 20.2. The maximum Gasteiger partial charge on any atom is 0.332 e. The van der Waals surface area contributed by atoms with Gasteiger partial charge in [-0.3, -0.25) is 14.6 Å². The second-order valence-electron chi connectivity index (χ2n) is 8.86. The first-order valence-electron chi connectivity index (χ1n) is 11.6. The van der Waals surface area contributed by atoms with Crippen LogP contribution in [0.4, 0.5) is 10.6 Å². The summed E-state index contributed by atoms with van der Waals surface area (Å²) in [6.07, 6.45) is 3.74. The molecule has 9 nitrogen and oxygen atoms in total. The van der Waals surface area contributed by atoms with Gasteiger partial charge >= 0.3 is 6.03 Å². The Bertz CT molecular complexity index is 1300. The van der Waals surface area contributed by atoms with Crippen LogP contribution in [0.1, 0.15) is 35.6 Å². The third kappa shape index (κ3) is 3.91. The summed E-state index contributed by atoms with van der Waals surface area (Å²) in [5, 5.41) is 0. The molecule has 1 atom stereocenters. The van der Waals surface area contributed by atoms with E-state index in [2.05, 4.69) is 11.1 Å². The van der Waals surface area contributed by atoms with E-state index in [0.717, 1.165) is 35.4 Å². The number of aromatic nitrogens is 2. The molecule has 1 saturated heterocycles. The summed E-state index contributed by atoms with van der Waals surface area (Å²) >= 11 is 0. The van der Waals surface area contributed by atoms with Crippen LogP contribution in [-0.4, -0.2) is 47.2 Å². The number of benzene rings is 2. The number of ether oxygens (including phenoxy) is 2. The number of amides is 3. The molecule has 35 heavy (non-hydrogen) atoms. The van der Waals surface area contributed by atoms with Gasteiger partial charge < -0.3 is 19.8 Å². The van der Waals surface area contributed by atoms with Crippen molar-refractivity contribution in [3.05, 3.63) is 59.3 Å². The predicted octanol–water partition coefficient (Wildman–Crippen LogP) is 3.41. The normalized spacial score (nSPS) is 17.7. The highest BCUT2D eigenvalue weighted by Gasteiger charge is 2.35. The van der Waals surface area contributed by atoms with Crippen LogP contribution in [0.2, 0.25) is 0 Å². The van der Waals surface area contributed by atoms with Gasteiger partial charge in [0.1, 0.15) is 23.1 Å². The Kier molecular flexibility index (Phi) is 5.94. The summed E-state index contributed by atoms with van der Waals surface area (Å²) in [5.41, 5.74) is 10.4. The van der Waals surface area contributed by atoms with Gasteiger partial charge in [0.15, 0.2) is 0 Å². The first-order valence-corrected chi connectivity index (χ1v) is 11.6. The number of methoxy groups -OCH3 is 2. The van der Waals surface area contributed by atoms with Crippen molar-refractivity contribution in [3.8, 4) is 22.9 Å². The van der Waals surface area contributed by atoms with Crippen molar-refractivity contribution in [2.45, 2.75) is 31.8 Å². The summed E-state index contributed by atoms with van der Waals surface area (Å²) in [6, 6.07) is 11.1. The average molecular weight is 476 g/mol. The second-order valence-corrected chi connectivity index (χ2v) is 8.86. The Morgan fingerprint density at radius 3 is 2.71 bits per heavy atom. The van der Waals surface area contributed by atoms with Crippen LogP contribution in [0.5, 0.6) is 11.5 Å². The highest BCUT2D eigenvalue weighted by Crippen LogP contribution is 2.37. The smallest absolute Gasteiger partial charge is 0.332 e. The van der Waals surface area contributed by atoms with Crippen molar-refractivity contribution in [2.75, 3.05) is 25.7 Å². The lowest BCUT2D eigenvalue weighted by atomic mass is 10.0. The number of nitrogens with zero attached hydrogens (tertiary/aromatic N) is 4. The summed E-state index contributed by atoms with van der Waals surface area (Å²) in [6.45, 7) is 0.404. The van der Waals surface area contributed by atoms with E-state index >= 15 is 0 Å². The molecule has 3 aromatic rings. The van der Waals surface area contributed by atoms with Gasteiger partial charge in [-0.15, -0.1) is 0 Å². The minimum atomic E-state index is -0.381. The zero-order valence-corrected chi connectivity index (χ0v) is 20.2. The number of hydrogen-bond donors (Lipinski definition) is 1. The van der Waals surface area contributed by atoms with Crippen LogP contribution in [0.15, 0.2) is 42.6 Å². The van der Waals surface area contributed by atoms with E-state index in [1.54, 1.807) is 43.5 Å². The molecule has 1 fully saturated rings. The first-order chi connectivity index (χ1) is 16.9. The van der Waals surface area contributed by atoms with E-state index in [4.69, 9.17) is 15.2 Å². The predicted molar refractivity (Wildman–Crippen MR) is 131 cm³/mol. The minimum Gasteiger partial charge on any atom is -0.497 e. The number of fused-ring (bicyclic) bond motifs is 1. The molecule has 3 amide bonds. The van der Waals surface area contributed by atoms with Crippen molar-refractivity contribution in [2.24, 2.45) is 12.8 Å². The van der Waals surface area contributed by atoms with Crippen LogP contribution in [0.25, 0.3) is 11.4 Å². The summed E-state index contributed by atoms with van der Waals surface area (Å²) < 4.78 is 12.6. The Morgan fingerprint density at radius 2 is 1.94 bits per heavy atom.